The molecule has 1 atom stereocenters. The van der Waals surface area contributed by atoms with Crippen molar-refractivity contribution in [1.82, 2.24) is 10.0 Å². The lowest BCUT2D eigenvalue weighted by molar-refractivity contribution is -0.173. The van der Waals surface area contributed by atoms with Crippen LogP contribution in [0.5, 0.6) is 0 Å². The van der Waals surface area contributed by atoms with E-state index >= 15 is 0 Å². The predicted octanol–water partition coefficient (Wildman–Crippen LogP) is 3.09. The number of para-hydroxylation sites is 1. The van der Waals surface area contributed by atoms with Gasteiger partial charge in [0, 0.05) is 23.1 Å². The number of hydroxylamine groups is 2. The Morgan fingerprint density at radius 2 is 2.28 bits per heavy atom. The highest BCUT2D eigenvalue weighted by Crippen LogP contribution is 2.38. The summed E-state index contributed by atoms with van der Waals surface area (Å²) in [5, 5.41) is 3.57. The van der Waals surface area contributed by atoms with E-state index < -0.39 is 0 Å². The molecule has 4 rings (SSSR count). The summed E-state index contributed by atoms with van der Waals surface area (Å²) in [4.78, 5) is 9.45. The van der Waals surface area contributed by atoms with E-state index in [9.17, 15) is 0 Å². The normalized spacial score (nSPS) is 24.6. The summed E-state index contributed by atoms with van der Waals surface area (Å²) in [6, 6.07) is 9.04. The number of nitrogens with zero attached hydrogens (tertiary/aromatic N) is 1. The Morgan fingerprint density at radius 1 is 1.33 bits per heavy atom. The van der Waals surface area contributed by atoms with Gasteiger partial charge in [-0.2, -0.15) is 5.06 Å². The van der Waals surface area contributed by atoms with Crippen LogP contribution in [0.25, 0.3) is 10.9 Å². The van der Waals surface area contributed by atoms with Crippen molar-refractivity contribution in [2.75, 3.05) is 18.2 Å². The molecule has 0 aliphatic carbocycles. The molecule has 3 heterocycles. The van der Waals surface area contributed by atoms with E-state index in [0.717, 1.165) is 18.9 Å². The molecule has 0 amide bonds. The van der Waals surface area contributed by atoms with Crippen LogP contribution in [-0.2, 0) is 11.3 Å². The molecule has 2 aromatic rings. The summed E-state index contributed by atoms with van der Waals surface area (Å²) in [5.74, 6) is 1.97. The fourth-order valence-corrected chi connectivity index (χ4v) is 3.82. The van der Waals surface area contributed by atoms with Crippen molar-refractivity contribution in [1.29, 1.82) is 0 Å². The van der Waals surface area contributed by atoms with Gasteiger partial charge >= 0.3 is 0 Å². The topological polar surface area (TPSA) is 28.3 Å². The lowest BCUT2D eigenvalue weighted by Gasteiger charge is -2.32. The highest BCUT2D eigenvalue weighted by atomic mass is 32.2. The third-order valence-corrected chi connectivity index (χ3v) is 4.74. The van der Waals surface area contributed by atoms with E-state index in [4.69, 9.17) is 4.84 Å². The standard InChI is InChI=1S/C14H16N2OS/c1-2-4-12-10(3-1)11-5-7-16-13(14(11)15-12)6-8-18-9-17-16/h1-4,13,15H,5-9H2/t13-/m1/s1. The van der Waals surface area contributed by atoms with Gasteiger partial charge in [-0.15, -0.1) is 11.8 Å². The Morgan fingerprint density at radius 3 is 3.28 bits per heavy atom. The highest BCUT2D eigenvalue weighted by Gasteiger charge is 2.32. The Hall–Kier alpha value is -0.970. The maximum Gasteiger partial charge on any atom is 0.114 e. The minimum atomic E-state index is 0.413. The Kier molecular flexibility index (Phi) is 2.60. The third kappa shape index (κ3) is 1.60. The van der Waals surface area contributed by atoms with E-state index in [0.29, 0.717) is 6.04 Å². The minimum Gasteiger partial charge on any atom is -0.357 e. The number of rotatable bonds is 0. The summed E-state index contributed by atoms with van der Waals surface area (Å²) >= 11 is 1.89. The van der Waals surface area contributed by atoms with Crippen molar-refractivity contribution in [2.45, 2.75) is 18.9 Å². The summed E-state index contributed by atoms with van der Waals surface area (Å²) < 4.78 is 0. The fraction of sp³-hybridized carbons (Fsp3) is 0.429. The molecule has 1 fully saturated rings. The molecular formula is C14H16N2OS. The average Bonchev–Trinajstić information content (AvgIpc) is 2.62. The van der Waals surface area contributed by atoms with Crippen LogP contribution in [0.2, 0.25) is 0 Å². The first-order valence-electron chi connectivity index (χ1n) is 6.50. The maximum atomic E-state index is 5.84. The quantitative estimate of drug-likeness (QED) is 0.789. The van der Waals surface area contributed by atoms with E-state index in [1.54, 1.807) is 0 Å². The second kappa shape index (κ2) is 4.30. The molecule has 0 unspecified atom stereocenters. The van der Waals surface area contributed by atoms with Crippen molar-refractivity contribution in [3.63, 3.8) is 0 Å². The zero-order valence-electron chi connectivity index (χ0n) is 10.2. The molecule has 2 aliphatic rings. The molecule has 94 valence electrons. The number of H-pyrrole nitrogens is 1. The van der Waals surface area contributed by atoms with Crippen molar-refractivity contribution in [3.8, 4) is 0 Å². The van der Waals surface area contributed by atoms with E-state index in [-0.39, 0.29) is 0 Å². The zero-order valence-corrected chi connectivity index (χ0v) is 11.0. The highest BCUT2D eigenvalue weighted by molar-refractivity contribution is 7.99. The van der Waals surface area contributed by atoms with E-state index in [1.165, 1.54) is 34.3 Å². The smallest absolute Gasteiger partial charge is 0.114 e. The molecule has 1 N–H and O–H groups in total. The van der Waals surface area contributed by atoms with Gasteiger partial charge in [0.05, 0.1) is 6.04 Å². The Bertz CT molecular complexity index is 580. The Labute approximate surface area is 110 Å². The van der Waals surface area contributed by atoms with Gasteiger partial charge in [0.1, 0.15) is 5.94 Å². The monoisotopic (exact) mass is 260 g/mol. The fourth-order valence-electron chi connectivity index (χ4n) is 3.10. The summed E-state index contributed by atoms with van der Waals surface area (Å²) in [6.07, 6.45) is 2.25. The van der Waals surface area contributed by atoms with Crippen LogP contribution < -0.4 is 0 Å². The molecule has 0 saturated carbocycles. The molecular weight excluding hydrogens is 244 g/mol. The van der Waals surface area contributed by atoms with Gasteiger partial charge in [-0.25, -0.2) is 0 Å². The first kappa shape index (κ1) is 10.9. The number of aromatic amines is 1. The number of hydrogen-bond donors (Lipinski definition) is 1. The minimum absolute atomic E-state index is 0.413. The zero-order chi connectivity index (χ0) is 11.9. The largest absolute Gasteiger partial charge is 0.357 e. The lowest BCUT2D eigenvalue weighted by atomic mass is 9.97. The van der Waals surface area contributed by atoms with Crippen molar-refractivity contribution >= 4 is 22.7 Å². The molecule has 0 radical (unpaired) electrons. The first-order valence-corrected chi connectivity index (χ1v) is 7.66. The van der Waals surface area contributed by atoms with Gasteiger partial charge < -0.3 is 4.98 Å². The first-order chi connectivity index (χ1) is 8.93. The number of nitrogens with one attached hydrogen (secondary N) is 1. The van der Waals surface area contributed by atoms with Crippen LogP contribution >= 0.6 is 11.8 Å². The molecule has 0 bridgehead atoms. The van der Waals surface area contributed by atoms with Crippen LogP contribution in [0.4, 0.5) is 0 Å². The number of fused-ring (bicyclic) bond motifs is 5. The SMILES string of the molecule is c1ccc2c3c([nH]c2c1)[C@H]1CCSCON1CC3. The second-order valence-electron chi connectivity index (χ2n) is 4.91. The van der Waals surface area contributed by atoms with Gasteiger partial charge in [-0.1, -0.05) is 18.2 Å². The van der Waals surface area contributed by atoms with Gasteiger partial charge in [0.2, 0.25) is 0 Å². The molecule has 1 saturated heterocycles. The number of aromatic nitrogens is 1. The Balaban J connectivity index is 1.85. The summed E-state index contributed by atoms with van der Waals surface area (Å²) in [6.45, 7) is 1.01. The van der Waals surface area contributed by atoms with Crippen molar-refractivity contribution in [2.24, 2.45) is 0 Å². The summed E-state index contributed by atoms with van der Waals surface area (Å²) in [5.41, 5.74) is 4.15. The van der Waals surface area contributed by atoms with E-state index in [2.05, 4.69) is 34.3 Å². The second-order valence-corrected chi connectivity index (χ2v) is 5.97. The molecule has 1 aromatic heterocycles. The van der Waals surface area contributed by atoms with Crippen LogP contribution in [0.1, 0.15) is 23.7 Å². The van der Waals surface area contributed by atoms with Crippen molar-refractivity contribution in [3.05, 3.63) is 35.5 Å². The summed E-state index contributed by atoms with van der Waals surface area (Å²) in [7, 11) is 0. The molecule has 3 nitrogen and oxygen atoms in total. The molecule has 4 heteroatoms. The van der Waals surface area contributed by atoms with Crippen molar-refractivity contribution < 1.29 is 4.84 Å². The number of thioether (sulfide) groups is 1. The number of hydrogen-bond acceptors (Lipinski definition) is 3. The maximum absolute atomic E-state index is 5.84. The van der Waals surface area contributed by atoms with Gasteiger partial charge in [0.15, 0.2) is 0 Å². The van der Waals surface area contributed by atoms with Gasteiger partial charge in [0.25, 0.3) is 0 Å². The van der Waals surface area contributed by atoms with Crippen LogP contribution in [0, 0.1) is 0 Å². The van der Waals surface area contributed by atoms with Gasteiger partial charge in [-0.3, -0.25) is 4.84 Å². The van der Waals surface area contributed by atoms with Crippen LogP contribution in [-0.4, -0.2) is 28.3 Å². The van der Waals surface area contributed by atoms with Crippen LogP contribution in [0.3, 0.4) is 0 Å². The number of benzene rings is 1. The van der Waals surface area contributed by atoms with Gasteiger partial charge in [-0.05, 0) is 30.2 Å². The molecule has 0 spiro atoms. The third-order valence-electron chi connectivity index (χ3n) is 3.95. The molecule has 2 aliphatic heterocycles. The lowest BCUT2D eigenvalue weighted by Crippen LogP contribution is -2.34. The molecule has 1 aromatic carbocycles. The molecule has 18 heavy (non-hydrogen) atoms. The predicted molar refractivity (Wildman–Crippen MR) is 74.5 cm³/mol. The van der Waals surface area contributed by atoms with Crippen LogP contribution in [0.15, 0.2) is 24.3 Å². The average molecular weight is 260 g/mol. The van der Waals surface area contributed by atoms with E-state index in [1.807, 2.05) is 11.8 Å².